The van der Waals surface area contributed by atoms with Crippen LogP contribution in [0.25, 0.3) is 21.7 Å². The fourth-order valence-electron chi connectivity index (χ4n) is 4.72. The third-order valence-electron chi connectivity index (χ3n) is 6.62. The standard InChI is InChI=1S/C28H30N4O2S/c1-3-32-27(34)24-15-21-11-7-8-12-22(21)16-25(24)30-28(32)35-19(2)26(33)29-23-13-14-31(18-23)17-20-9-5-4-6-10-20/h4-12,15-16,19,23H,3,13-14,17-18H2,1-2H3,(H,29,33). The van der Waals surface area contributed by atoms with Crippen LogP contribution in [0.15, 0.2) is 76.7 Å². The molecule has 1 fully saturated rings. The Morgan fingerprint density at radius 1 is 1.11 bits per heavy atom. The summed E-state index contributed by atoms with van der Waals surface area (Å²) in [4.78, 5) is 33.5. The summed E-state index contributed by atoms with van der Waals surface area (Å²) in [5.74, 6) is -0.0166. The number of nitrogens with one attached hydrogen (secondary N) is 1. The molecule has 1 aromatic heterocycles. The van der Waals surface area contributed by atoms with E-state index >= 15 is 0 Å². The van der Waals surface area contributed by atoms with Gasteiger partial charge >= 0.3 is 0 Å². The van der Waals surface area contributed by atoms with E-state index in [4.69, 9.17) is 4.98 Å². The Bertz CT molecular complexity index is 1420. The predicted octanol–water partition coefficient (Wildman–Crippen LogP) is 4.44. The van der Waals surface area contributed by atoms with Crippen molar-refractivity contribution in [3.63, 3.8) is 0 Å². The molecule has 1 amide bonds. The maximum absolute atomic E-state index is 13.2. The number of thioether (sulfide) groups is 1. The quantitative estimate of drug-likeness (QED) is 0.238. The zero-order valence-electron chi connectivity index (χ0n) is 20.1. The number of carbonyl (C=O) groups excluding carboxylic acids is 1. The van der Waals surface area contributed by atoms with E-state index in [0.29, 0.717) is 22.6 Å². The molecule has 4 aromatic rings. The van der Waals surface area contributed by atoms with Crippen LogP contribution in [0.5, 0.6) is 0 Å². The fourth-order valence-corrected chi connectivity index (χ4v) is 5.70. The molecule has 2 heterocycles. The molecular formula is C28H30N4O2S. The molecule has 0 spiro atoms. The van der Waals surface area contributed by atoms with Crippen molar-refractivity contribution in [1.29, 1.82) is 0 Å². The van der Waals surface area contributed by atoms with Crippen molar-refractivity contribution in [2.45, 2.75) is 49.8 Å². The molecule has 1 aliphatic heterocycles. The van der Waals surface area contributed by atoms with Gasteiger partial charge in [-0.1, -0.05) is 66.4 Å². The molecule has 180 valence electrons. The first-order valence-corrected chi connectivity index (χ1v) is 13.1. The van der Waals surface area contributed by atoms with Crippen LogP contribution >= 0.6 is 11.8 Å². The van der Waals surface area contributed by atoms with E-state index in [2.05, 4.69) is 34.5 Å². The number of carbonyl (C=O) groups is 1. The van der Waals surface area contributed by atoms with Gasteiger partial charge in [-0.05, 0) is 48.7 Å². The molecule has 1 aliphatic rings. The highest BCUT2D eigenvalue weighted by atomic mass is 32.2. The minimum Gasteiger partial charge on any atom is -0.351 e. The number of rotatable bonds is 7. The highest BCUT2D eigenvalue weighted by Crippen LogP contribution is 2.25. The molecule has 3 aromatic carbocycles. The van der Waals surface area contributed by atoms with Crippen molar-refractivity contribution in [3.8, 4) is 0 Å². The van der Waals surface area contributed by atoms with Crippen molar-refractivity contribution in [2.75, 3.05) is 13.1 Å². The lowest BCUT2D eigenvalue weighted by Crippen LogP contribution is -2.41. The average Bonchev–Trinajstić information content (AvgIpc) is 3.30. The Morgan fingerprint density at radius 2 is 1.83 bits per heavy atom. The van der Waals surface area contributed by atoms with Crippen LogP contribution < -0.4 is 10.9 Å². The first kappa shape index (κ1) is 23.6. The van der Waals surface area contributed by atoms with Gasteiger partial charge in [-0.3, -0.25) is 19.1 Å². The van der Waals surface area contributed by atoms with Gasteiger partial charge in [0.1, 0.15) is 0 Å². The number of nitrogens with zero attached hydrogens (tertiary/aromatic N) is 3. The van der Waals surface area contributed by atoms with E-state index in [-0.39, 0.29) is 22.8 Å². The van der Waals surface area contributed by atoms with Crippen molar-refractivity contribution in [1.82, 2.24) is 19.8 Å². The number of likely N-dealkylation sites (tertiary alicyclic amines) is 1. The van der Waals surface area contributed by atoms with Crippen LogP contribution in [0, 0.1) is 0 Å². The van der Waals surface area contributed by atoms with Gasteiger partial charge in [-0.15, -0.1) is 0 Å². The minimum atomic E-state index is -0.360. The van der Waals surface area contributed by atoms with E-state index < -0.39 is 0 Å². The minimum absolute atomic E-state index is 0.0166. The summed E-state index contributed by atoms with van der Waals surface area (Å²) >= 11 is 1.35. The van der Waals surface area contributed by atoms with Gasteiger partial charge in [0.15, 0.2) is 5.16 Å². The molecule has 2 unspecified atom stereocenters. The fraction of sp³-hybridized carbons (Fsp3) is 0.321. The molecule has 0 aliphatic carbocycles. The third kappa shape index (κ3) is 5.11. The summed E-state index contributed by atoms with van der Waals surface area (Å²) in [5.41, 5.74) is 1.89. The molecule has 0 bridgehead atoms. The highest BCUT2D eigenvalue weighted by molar-refractivity contribution is 8.00. The van der Waals surface area contributed by atoms with E-state index in [9.17, 15) is 9.59 Å². The topological polar surface area (TPSA) is 67.2 Å². The molecule has 5 rings (SSSR count). The first-order chi connectivity index (χ1) is 17.0. The number of hydrogen-bond acceptors (Lipinski definition) is 5. The van der Waals surface area contributed by atoms with Gasteiger partial charge in [0.25, 0.3) is 5.56 Å². The monoisotopic (exact) mass is 486 g/mol. The lowest BCUT2D eigenvalue weighted by atomic mass is 10.1. The summed E-state index contributed by atoms with van der Waals surface area (Å²) in [6.07, 6.45) is 0.941. The number of aromatic nitrogens is 2. The third-order valence-corrected chi connectivity index (χ3v) is 7.71. The van der Waals surface area contributed by atoms with Crippen molar-refractivity contribution in [2.24, 2.45) is 0 Å². The SMILES string of the molecule is CCn1c(SC(C)C(=O)NC2CCN(Cc3ccccc3)C2)nc2cc3ccccc3cc2c1=O. The van der Waals surface area contributed by atoms with Gasteiger partial charge in [0.2, 0.25) is 5.91 Å². The lowest BCUT2D eigenvalue weighted by Gasteiger charge is -2.19. The first-order valence-electron chi connectivity index (χ1n) is 12.2. The van der Waals surface area contributed by atoms with Crippen LogP contribution in [0.1, 0.15) is 25.8 Å². The molecular weight excluding hydrogens is 456 g/mol. The predicted molar refractivity (Wildman–Crippen MR) is 143 cm³/mol. The number of fused-ring (bicyclic) bond motifs is 2. The van der Waals surface area contributed by atoms with Crippen molar-refractivity contribution < 1.29 is 4.79 Å². The Hall–Kier alpha value is -3.16. The number of amides is 1. The van der Waals surface area contributed by atoms with Gasteiger partial charge in [0.05, 0.1) is 16.2 Å². The highest BCUT2D eigenvalue weighted by Gasteiger charge is 2.26. The summed E-state index contributed by atoms with van der Waals surface area (Å²) in [6, 6.07) is 22.4. The van der Waals surface area contributed by atoms with Crippen LogP contribution in [0.2, 0.25) is 0 Å². The Balaban J connectivity index is 1.29. The molecule has 35 heavy (non-hydrogen) atoms. The Kier molecular flexibility index (Phi) is 6.88. The molecule has 1 N–H and O–H groups in total. The van der Waals surface area contributed by atoms with Crippen molar-refractivity contribution >= 4 is 39.3 Å². The smallest absolute Gasteiger partial charge is 0.262 e. The van der Waals surface area contributed by atoms with E-state index in [1.807, 2.05) is 56.3 Å². The van der Waals surface area contributed by atoms with E-state index in [1.54, 1.807) is 4.57 Å². The zero-order chi connectivity index (χ0) is 24.4. The number of benzene rings is 3. The van der Waals surface area contributed by atoms with Crippen LogP contribution in [-0.2, 0) is 17.9 Å². The molecule has 0 saturated carbocycles. The molecule has 6 nitrogen and oxygen atoms in total. The second-order valence-corrected chi connectivity index (χ2v) is 10.4. The van der Waals surface area contributed by atoms with Gasteiger partial charge in [-0.2, -0.15) is 0 Å². The second kappa shape index (κ2) is 10.2. The van der Waals surface area contributed by atoms with Crippen LogP contribution in [0.3, 0.4) is 0 Å². The second-order valence-electron chi connectivity index (χ2n) is 9.14. The molecule has 2 atom stereocenters. The zero-order valence-corrected chi connectivity index (χ0v) is 20.9. The van der Waals surface area contributed by atoms with Crippen molar-refractivity contribution in [3.05, 3.63) is 82.6 Å². The maximum atomic E-state index is 13.2. The summed E-state index contributed by atoms with van der Waals surface area (Å²) in [7, 11) is 0. The van der Waals surface area contributed by atoms with Crippen LogP contribution in [0.4, 0.5) is 0 Å². The summed E-state index contributed by atoms with van der Waals surface area (Å²) < 4.78 is 1.67. The molecule has 7 heteroatoms. The molecule has 0 radical (unpaired) electrons. The largest absolute Gasteiger partial charge is 0.351 e. The summed E-state index contributed by atoms with van der Waals surface area (Å²) in [5, 5.41) is 6.11. The Morgan fingerprint density at radius 3 is 2.57 bits per heavy atom. The summed E-state index contributed by atoms with van der Waals surface area (Å²) in [6.45, 7) is 7.03. The maximum Gasteiger partial charge on any atom is 0.262 e. The van der Waals surface area contributed by atoms with Crippen LogP contribution in [-0.4, -0.2) is 44.7 Å². The van der Waals surface area contributed by atoms with E-state index in [0.717, 1.165) is 36.8 Å². The average molecular weight is 487 g/mol. The van der Waals surface area contributed by atoms with E-state index in [1.165, 1.54) is 17.3 Å². The normalized spacial score (nSPS) is 17.1. The lowest BCUT2D eigenvalue weighted by molar-refractivity contribution is -0.120. The van der Waals surface area contributed by atoms with Gasteiger partial charge < -0.3 is 5.32 Å². The Labute approximate surface area is 209 Å². The number of hydrogen-bond donors (Lipinski definition) is 1. The van der Waals surface area contributed by atoms with Gasteiger partial charge in [-0.25, -0.2) is 4.98 Å². The molecule has 1 saturated heterocycles. The van der Waals surface area contributed by atoms with Gasteiger partial charge in [0, 0.05) is 32.2 Å².